The van der Waals surface area contributed by atoms with Crippen molar-refractivity contribution in [1.82, 2.24) is 9.80 Å². The molecule has 0 aromatic carbocycles. The number of unbranched alkanes of at least 4 members (excludes halogenated alkanes) is 1. The summed E-state index contributed by atoms with van der Waals surface area (Å²) < 4.78 is 34.0. The largest absolute Gasteiger partial charge is 0.459 e. The predicted molar refractivity (Wildman–Crippen MR) is 107 cm³/mol. The second kappa shape index (κ2) is 9.63. The van der Waals surface area contributed by atoms with Crippen LogP contribution in [0, 0.1) is 0 Å². The number of carbonyl (C=O) groups excluding carboxylic acids is 3. The highest BCUT2D eigenvalue weighted by Gasteiger charge is 2.38. The molecule has 3 heterocycles. The molecule has 0 N–H and O–H groups in total. The average Bonchev–Trinajstić information content (AvgIpc) is 3.46. The number of furan rings is 1. The molecular formula is C20H28N2O7S. The van der Waals surface area contributed by atoms with E-state index in [1.165, 1.54) is 22.1 Å². The first-order chi connectivity index (χ1) is 14.3. The molecule has 0 radical (unpaired) electrons. The maximum absolute atomic E-state index is 12.7. The second-order valence-corrected chi connectivity index (χ2v) is 9.97. The van der Waals surface area contributed by atoms with Crippen molar-refractivity contribution < 1.29 is 32.0 Å². The van der Waals surface area contributed by atoms with Crippen LogP contribution in [0.4, 0.5) is 0 Å². The van der Waals surface area contributed by atoms with E-state index >= 15 is 0 Å². The Morgan fingerprint density at radius 1 is 1.30 bits per heavy atom. The van der Waals surface area contributed by atoms with E-state index < -0.39 is 34.4 Å². The summed E-state index contributed by atoms with van der Waals surface area (Å²) in [4.78, 5) is 40.8. The van der Waals surface area contributed by atoms with E-state index in [1.807, 2.05) is 6.92 Å². The van der Waals surface area contributed by atoms with Crippen molar-refractivity contribution in [1.29, 1.82) is 0 Å². The van der Waals surface area contributed by atoms with Crippen molar-refractivity contribution in [2.75, 3.05) is 31.2 Å². The summed E-state index contributed by atoms with van der Waals surface area (Å²) in [6, 6.07) is 2.00. The van der Waals surface area contributed by atoms with Crippen LogP contribution in [0.3, 0.4) is 0 Å². The Balaban J connectivity index is 1.59. The fourth-order valence-corrected chi connectivity index (χ4v) is 5.70. The molecule has 0 saturated carbocycles. The molecule has 2 saturated heterocycles. The fourth-order valence-electron chi connectivity index (χ4n) is 3.97. The van der Waals surface area contributed by atoms with E-state index in [2.05, 4.69) is 0 Å². The van der Waals surface area contributed by atoms with Crippen molar-refractivity contribution in [3.63, 3.8) is 0 Å². The Hall–Kier alpha value is -2.36. The third kappa shape index (κ3) is 5.21. The van der Waals surface area contributed by atoms with E-state index in [4.69, 9.17) is 9.15 Å². The number of rotatable bonds is 8. The van der Waals surface area contributed by atoms with E-state index in [1.54, 1.807) is 6.07 Å². The van der Waals surface area contributed by atoms with Crippen molar-refractivity contribution in [2.24, 2.45) is 0 Å². The summed E-state index contributed by atoms with van der Waals surface area (Å²) in [6.45, 7) is 2.37. The number of amides is 2. The van der Waals surface area contributed by atoms with Crippen LogP contribution in [0.5, 0.6) is 0 Å². The molecule has 1 unspecified atom stereocenters. The zero-order valence-corrected chi connectivity index (χ0v) is 17.9. The standard InChI is InChI=1S/C20H28N2O7S/c1-2-3-9-21(15-8-12-30(26,27)14-15)18(23)13-29-20(25)16-6-4-10-22(16)19(24)17-7-5-11-28-17/h5,7,11,15-16H,2-4,6,8-10,12-14H2,1H3/t15?,16-/m0/s1. The van der Waals surface area contributed by atoms with E-state index in [0.29, 0.717) is 32.4 Å². The highest BCUT2D eigenvalue weighted by Crippen LogP contribution is 2.22. The van der Waals surface area contributed by atoms with Gasteiger partial charge in [-0.15, -0.1) is 0 Å². The van der Waals surface area contributed by atoms with Crippen molar-refractivity contribution in [3.8, 4) is 0 Å². The Bertz CT molecular complexity index is 866. The monoisotopic (exact) mass is 440 g/mol. The molecule has 9 nitrogen and oxygen atoms in total. The van der Waals surface area contributed by atoms with E-state index in [0.717, 1.165) is 12.8 Å². The predicted octanol–water partition coefficient (Wildman–Crippen LogP) is 1.24. The van der Waals surface area contributed by atoms with Crippen LogP contribution in [-0.4, -0.2) is 79.3 Å². The van der Waals surface area contributed by atoms with Gasteiger partial charge < -0.3 is 19.0 Å². The number of carbonyl (C=O) groups is 3. The summed E-state index contributed by atoms with van der Waals surface area (Å²) in [5, 5.41) is 0. The minimum atomic E-state index is -3.14. The minimum Gasteiger partial charge on any atom is -0.459 e. The van der Waals surface area contributed by atoms with E-state index in [9.17, 15) is 22.8 Å². The van der Waals surface area contributed by atoms with Gasteiger partial charge in [0.05, 0.1) is 17.8 Å². The molecule has 2 amide bonds. The molecule has 30 heavy (non-hydrogen) atoms. The Morgan fingerprint density at radius 3 is 2.73 bits per heavy atom. The van der Waals surface area contributed by atoms with Crippen molar-refractivity contribution in [3.05, 3.63) is 24.2 Å². The molecule has 2 aliphatic rings. The Kier molecular flexibility index (Phi) is 7.17. The smallest absolute Gasteiger partial charge is 0.329 e. The molecule has 166 valence electrons. The van der Waals surface area contributed by atoms with Gasteiger partial charge in [0.2, 0.25) is 0 Å². The van der Waals surface area contributed by atoms with Crippen molar-refractivity contribution >= 4 is 27.6 Å². The molecule has 1 aromatic heterocycles. The molecule has 10 heteroatoms. The average molecular weight is 441 g/mol. The van der Waals surface area contributed by atoms with Crippen LogP contribution < -0.4 is 0 Å². The number of ether oxygens (including phenoxy) is 1. The van der Waals surface area contributed by atoms with Crippen LogP contribution in [0.2, 0.25) is 0 Å². The molecule has 0 spiro atoms. The topological polar surface area (TPSA) is 114 Å². The minimum absolute atomic E-state index is 0.0511. The van der Waals surface area contributed by atoms with Gasteiger partial charge in [0.15, 0.2) is 22.2 Å². The molecule has 3 rings (SSSR count). The lowest BCUT2D eigenvalue weighted by Gasteiger charge is -2.28. The van der Waals surface area contributed by atoms with Crippen LogP contribution in [0.25, 0.3) is 0 Å². The lowest BCUT2D eigenvalue weighted by Crippen LogP contribution is -2.45. The second-order valence-electron chi connectivity index (χ2n) is 7.74. The fraction of sp³-hybridized carbons (Fsp3) is 0.650. The number of nitrogens with zero attached hydrogens (tertiary/aromatic N) is 2. The molecule has 1 aromatic rings. The van der Waals surface area contributed by atoms with Gasteiger partial charge in [-0.1, -0.05) is 13.3 Å². The summed E-state index contributed by atoms with van der Waals surface area (Å²) in [5.74, 6) is -1.24. The third-order valence-corrected chi connectivity index (χ3v) is 7.33. The van der Waals surface area contributed by atoms with Gasteiger partial charge in [-0.2, -0.15) is 0 Å². The number of esters is 1. The summed E-state index contributed by atoms with van der Waals surface area (Å²) in [6.07, 6.45) is 4.51. The quantitative estimate of drug-likeness (QED) is 0.559. The number of hydrogen-bond acceptors (Lipinski definition) is 7. The zero-order valence-electron chi connectivity index (χ0n) is 17.1. The van der Waals surface area contributed by atoms with E-state index in [-0.39, 0.29) is 29.2 Å². The first-order valence-corrected chi connectivity index (χ1v) is 12.2. The van der Waals surface area contributed by atoms with Gasteiger partial charge in [-0.25, -0.2) is 13.2 Å². The van der Waals surface area contributed by atoms with Crippen molar-refractivity contribution in [2.45, 2.75) is 51.1 Å². The summed E-state index contributed by atoms with van der Waals surface area (Å²) in [5.41, 5.74) is 0. The maximum Gasteiger partial charge on any atom is 0.329 e. The molecular weight excluding hydrogens is 412 g/mol. The van der Waals surface area contributed by atoms with Gasteiger partial charge in [-0.3, -0.25) is 9.59 Å². The van der Waals surface area contributed by atoms with Gasteiger partial charge in [-0.05, 0) is 37.8 Å². The number of likely N-dealkylation sites (tertiary alicyclic amines) is 1. The molecule has 0 bridgehead atoms. The highest BCUT2D eigenvalue weighted by atomic mass is 32.2. The van der Waals surface area contributed by atoms with Gasteiger partial charge in [0.1, 0.15) is 6.04 Å². The molecule has 2 atom stereocenters. The third-order valence-electron chi connectivity index (χ3n) is 5.58. The zero-order chi connectivity index (χ0) is 21.7. The lowest BCUT2D eigenvalue weighted by molar-refractivity contribution is -0.156. The Morgan fingerprint density at radius 2 is 2.10 bits per heavy atom. The lowest BCUT2D eigenvalue weighted by atomic mass is 10.2. The Labute approximate surface area is 176 Å². The van der Waals surface area contributed by atoms with Gasteiger partial charge >= 0.3 is 5.97 Å². The number of hydrogen-bond donors (Lipinski definition) is 0. The molecule has 0 aliphatic carbocycles. The van der Waals surface area contributed by atoms with Crippen LogP contribution >= 0.6 is 0 Å². The maximum atomic E-state index is 12.7. The van der Waals surface area contributed by atoms with Crippen LogP contribution in [0.15, 0.2) is 22.8 Å². The highest BCUT2D eigenvalue weighted by molar-refractivity contribution is 7.91. The number of sulfone groups is 1. The molecule has 2 aliphatic heterocycles. The van der Waals surface area contributed by atoms with Gasteiger partial charge in [0, 0.05) is 19.1 Å². The first kappa shape index (κ1) is 22.3. The summed E-state index contributed by atoms with van der Waals surface area (Å²) in [7, 11) is -3.14. The van der Waals surface area contributed by atoms with Gasteiger partial charge in [0.25, 0.3) is 11.8 Å². The first-order valence-electron chi connectivity index (χ1n) is 10.3. The normalized spacial score (nSPS) is 22.8. The van der Waals surface area contributed by atoms with Crippen LogP contribution in [-0.2, 0) is 24.2 Å². The van der Waals surface area contributed by atoms with Crippen LogP contribution in [0.1, 0.15) is 49.6 Å². The molecule has 2 fully saturated rings. The summed E-state index contributed by atoms with van der Waals surface area (Å²) >= 11 is 0. The SMILES string of the molecule is CCCCN(C(=O)COC(=O)[C@@H]1CCCN1C(=O)c1ccco1)C1CCS(=O)(=O)C1.